The van der Waals surface area contributed by atoms with Crippen molar-refractivity contribution in [3.63, 3.8) is 0 Å². The number of hydrogen-bond acceptors (Lipinski definition) is 4. The molecular formula is C8H14N4O. The molecule has 0 saturated heterocycles. The quantitative estimate of drug-likeness (QED) is 0.684. The SMILES string of the molecule is CNC(C)C(=O)Cc1ncnn1C. The number of hydrogen-bond donors (Lipinski definition) is 1. The Morgan fingerprint density at radius 2 is 2.46 bits per heavy atom. The van der Waals surface area contributed by atoms with E-state index in [9.17, 15) is 4.79 Å². The van der Waals surface area contributed by atoms with Crippen molar-refractivity contribution in [2.45, 2.75) is 19.4 Å². The molecule has 0 radical (unpaired) electrons. The normalized spacial score (nSPS) is 12.8. The highest BCUT2D eigenvalue weighted by molar-refractivity contribution is 5.85. The summed E-state index contributed by atoms with van der Waals surface area (Å²) in [6, 6.07) is -0.128. The lowest BCUT2D eigenvalue weighted by molar-refractivity contribution is -0.120. The molecule has 72 valence electrons. The molecule has 1 rings (SSSR count). The Balaban J connectivity index is 2.60. The number of aromatic nitrogens is 3. The first kappa shape index (κ1) is 9.85. The molecule has 1 unspecified atom stereocenters. The van der Waals surface area contributed by atoms with Crippen molar-refractivity contribution in [2.75, 3.05) is 7.05 Å². The highest BCUT2D eigenvalue weighted by atomic mass is 16.1. The van der Waals surface area contributed by atoms with Gasteiger partial charge >= 0.3 is 0 Å². The Kier molecular flexibility index (Phi) is 3.13. The molecule has 1 N–H and O–H groups in total. The van der Waals surface area contributed by atoms with Crippen molar-refractivity contribution >= 4 is 5.78 Å². The van der Waals surface area contributed by atoms with Gasteiger partial charge in [0.15, 0.2) is 5.78 Å². The van der Waals surface area contributed by atoms with Crippen molar-refractivity contribution in [1.29, 1.82) is 0 Å². The second kappa shape index (κ2) is 4.13. The molecule has 0 aliphatic carbocycles. The minimum atomic E-state index is -0.128. The topological polar surface area (TPSA) is 59.8 Å². The second-order valence-electron chi connectivity index (χ2n) is 2.95. The van der Waals surface area contributed by atoms with Gasteiger partial charge in [-0.05, 0) is 14.0 Å². The molecule has 1 atom stereocenters. The molecule has 1 aromatic rings. The third-order valence-electron chi connectivity index (χ3n) is 2.05. The van der Waals surface area contributed by atoms with Crippen LogP contribution in [0.5, 0.6) is 0 Å². The summed E-state index contributed by atoms with van der Waals surface area (Å²) in [4.78, 5) is 15.4. The van der Waals surface area contributed by atoms with Gasteiger partial charge in [0.1, 0.15) is 12.2 Å². The smallest absolute Gasteiger partial charge is 0.156 e. The summed E-state index contributed by atoms with van der Waals surface area (Å²) in [5.41, 5.74) is 0. The van der Waals surface area contributed by atoms with Crippen LogP contribution in [0.2, 0.25) is 0 Å². The molecule has 0 amide bonds. The number of aryl methyl sites for hydroxylation is 1. The zero-order chi connectivity index (χ0) is 9.84. The van der Waals surface area contributed by atoms with Crippen LogP contribution in [0.3, 0.4) is 0 Å². The number of rotatable bonds is 4. The van der Waals surface area contributed by atoms with E-state index in [1.54, 1.807) is 18.8 Å². The summed E-state index contributed by atoms with van der Waals surface area (Å²) in [7, 11) is 3.54. The van der Waals surface area contributed by atoms with E-state index in [4.69, 9.17) is 0 Å². The lowest BCUT2D eigenvalue weighted by Gasteiger charge is -2.07. The van der Waals surface area contributed by atoms with Crippen LogP contribution in [-0.4, -0.2) is 33.6 Å². The summed E-state index contributed by atoms with van der Waals surface area (Å²) in [5.74, 6) is 0.825. The lowest BCUT2D eigenvalue weighted by atomic mass is 10.1. The summed E-state index contributed by atoms with van der Waals surface area (Å²) >= 11 is 0. The van der Waals surface area contributed by atoms with Crippen molar-refractivity contribution in [2.24, 2.45) is 7.05 Å². The van der Waals surface area contributed by atoms with Crippen molar-refractivity contribution < 1.29 is 4.79 Å². The van der Waals surface area contributed by atoms with Gasteiger partial charge in [-0.1, -0.05) is 0 Å². The Bertz CT molecular complexity index is 294. The Labute approximate surface area is 77.2 Å². The average molecular weight is 182 g/mol. The predicted molar refractivity (Wildman–Crippen MR) is 48.2 cm³/mol. The van der Waals surface area contributed by atoms with Gasteiger partial charge in [-0.3, -0.25) is 9.48 Å². The largest absolute Gasteiger partial charge is 0.311 e. The Hall–Kier alpha value is -1.23. The summed E-state index contributed by atoms with van der Waals surface area (Å²) in [6.07, 6.45) is 1.78. The fourth-order valence-electron chi connectivity index (χ4n) is 0.950. The first-order valence-corrected chi connectivity index (χ1v) is 4.18. The van der Waals surface area contributed by atoms with Crippen LogP contribution in [0.25, 0.3) is 0 Å². The molecule has 5 heteroatoms. The van der Waals surface area contributed by atoms with Crippen LogP contribution in [0, 0.1) is 0 Å². The monoisotopic (exact) mass is 182 g/mol. The van der Waals surface area contributed by atoms with E-state index < -0.39 is 0 Å². The van der Waals surface area contributed by atoms with Gasteiger partial charge in [-0.2, -0.15) is 5.10 Å². The zero-order valence-corrected chi connectivity index (χ0v) is 8.11. The molecule has 0 spiro atoms. The van der Waals surface area contributed by atoms with E-state index in [-0.39, 0.29) is 11.8 Å². The highest BCUT2D eigenvalue weighted by Crippen LogP contribution is 1.96. The third kappa shape index (κ3) is 2.35. The fourth-order valence-corrected chi connectivity index (χ4v) is 0.950. The van der Waals surface area contributed by atoms with Gasteiger partial charge in [0.05, 0.1) is 12.5 Å². The van der Waals surface area contributed by atoms with Crippen molar-refractivity contribution in [3.05, 3.63) is 12.2 Å². The van der Waals surface area contributed by atoms with Crippen LogP contribution >= 0.6 is 0 Å². The fraction of sp³-hybridized carbons (Fsp3) is 0.625. The third-order valence-corrected chi connectivity index (χ3v) is 2.05. The molecular weight excluding hydrogens is 168 g/mol. The number of likely N-dealkylation sites (N-methyl/N-ethyl adjacent to an activating group) is 1. The van der Waals surface area contributed by atoms with Gasteiger partial charge in [-0.25, -0.2) is 4.98 Å². The number of ketones is 1. The minimum absolute atomic E-state index is 0.124. The van der Waals surface area contributed by atoms with Crippen molar-refractivity contribution in [3.8, 4) is 0 Å². The van der Waals surface area contributed by atoms with Gasteiger partial charge in [0.25, 0.3) is 0 Å². The van der Waals surface area contributed by atoms with E-state index in [1.165, 1.54) is 6.33 Å². The molecule has 0 aliphatic heterocycles. The van der Waals surface area contributed by atoms with E-state index in [0.29, 0.717) is 12.2 Å². The number of carbonyl (C=O) groups is 1. The van der Waals surface area contributed by atoms with E-state index in [2.05, 4.69) is 15.4 Å². The van der Waals surface area contributed by atoms with Crippen LogP contribution in [0.4, 0.5) is 0 Å². The Morgan fingerprint density at radius 1 is 1.77 bits per heavy atom. The molecule has 1 heterocycles. The molecule has 1 aromatic heterocycles. The maximum Gasteiger partial charge on any atom is 0.156 e. The zero-order valence-electron chi connectivity index (χ0n) is 8.11. The summed E-state index contributed by atoms with van der Waals surface area (Å²) in [5, 5.41) is 6.78. The molecule has 0 fully saturated rings. The van der Waals surface area contributed by atoms with Crippen molar-refractivity contribution in [1.82, 2.24) is 20.1 Å². The molecule has 0 bridgehead atoms. The number of carbonyl (C=O) groups excluding carboxylic acids is 1. The van der Waals surface area contributed by atoms with E-state index >= 15 is 0 Å². The molecule has 0 aromatic carbocycles. The molecule has 0 saturated carbocycles. The lowest BCUT2D eigenvalue weighted by Crippen LogP contribution is -2.32. The van der Waals surface area contributed by atoms with Gasteiger partial charge < -0.3 is 5.32 Å². The summed E-state index contributed by atoms with van der Waals surface area (Å²) < 4.78 is 1.61. The van der Waals surface area contributed by atoms with Crippen LogP contribution in [0.1, 0.15) is 12.7 Å². The van der Waals surface area contributed by atoms with Gasteiger partial charge in [0.2, 0.25) is 0 Å². The maximum atomic E-state index is 11.5. The maximum absolute atomic E-state index is 11.5. The summed E-state index contributed by atoms with van der Waals surface area (Å²) in [6.45, 7) is 1.83. The molecule has 13 heavy (non-hydrogen) atoms. The standard InChI is InChI=1S/C8H14N4O/c1-6(9-2)7(13)4-8-10-5-11-12(8)3/h5-6,9H,4H2,1-3H3. The van der Waals surface area contributed by atoms with Crippen LogP contribution in [-0.2, 0) is 18.3 Å². The van der Waals surface area contributed by atoms with Gasteiger partial charge in [0, 0.05) is 7.05 Å². The predicted octanol–water partition coefficient (Wildman–Crippen LogP) is -0.465. The average Bonchev–Trinajstić information content (AvgIpc) is 2.50. The van der Waals surface area contributed by atoms with Crippen LogP contribution < -0.4 is 5.32 Å². The Morgan fingerprint density at radius 3 is 2.92 bits per heavy atom. The van der Waals surface area contributed by atoms with Gasteiger partial charge in [-0.15, -0.1) is 0 Å². The highest BCUT2D eigenvalue weighted by Gasteiger charge is 2.13. The van der Waals surface area contributed by atoms with E-state index in [0.717, 1.165) is 0 Å². The van der Waals surface area contributed by atoms with Crippen LogP contribution in [0.15, 0.2) is 6.33 Å². The number of Topliss-reactive ketones (excluding diaryl/α,β-unsaturated/α-hetero) is 1. The molecule has 5 nitrogen and oxygen atoms in total. The number of nitrogens with zero attached hydrogens (tertiary/aromatic N) is 3. The molecule has 0 aliphatic rings. The second-order valence-corrected chi connectivity index (χ2v) is 2.95. The van der Waals surface area contributed by atoms with E-state index in [1.807, 2.05) is 6.92 Å². The first-order chi connectivity index (χ1) is 6.15. The minimum Gasteiger partial charge on any atom is -0.311 e. The first-order valence-electron chi connectivity index (χ1n) is 4.18. The number of nitrogens with one attached hydrogen (secondary N) is 1.